The van der Waals surface area contributed by atoms with E-state index in [2.05, 4.69) is 15.0 Å². The Balaban J connectivity index is 1.75. The topological polar surface area (TPSA) is 50.8 Å². The number of aromatic amines is 1. The van der Waals surface area contributed by atoms with Crippen molar-refractivity contribution in [3.63, 3.8) is 0 Å². The van der Waals surface area contributed by atoms with Gasteiger partial charge in [-0.2, -0.15) is 0 Å². The maximum atomic E-state index is 5.76. The van der Waals surface area contributed by atoms with Crippen molar-refractivity contribution in [2.45, 2.75) is 10.9 Å². The lowest BCUT2D eigenvalue weighted by Gasteiger charge is -1.98. The number of ether oxygens (including phenoxy) is 1. The number of nitrogens with one attached hydrogen (secondary N) is 1. The van der Waals surface area contributed by atoms with Crippen LogP contribution in [0.15, 0.2) is 41.7 Å². The summed E-state index contributed by atoms with van der Waals surface area (Å²) in [5.74, 6) is 1.61. The van der Waals surface area contributed by atoms with Crippen LogP contribution in [0.5, 0.6) is 5.75 Å². The van der Waals surface area contributed by atoms with E-state index in [1.54, 1.807) is 31.1 Å². The van der Waals surface area contributed by atoms with E-state index in [9.17, 15) is 0 Å². The third-order valence-corrected chi connectivity index (χ3v) is 4.00. The SMILES string of the molecule is COc1ccc2nc(SCc3ccc(Cl)nc3)[nH]c2c1. The first kappa shape index (κ1) is 13.3. The quantitative estimate of drug-likeness (QED) is 0.586. The third-order valence-electron chi connectivity index (χ3n) is 2.83. The summed E-state index contributed by atoms with van der Waals surface area (Å²) in [4.78, 5) is 11.9. The number of rotatable bonds is 4. The van der Waals surface area contributed by atoms with E-state index in [4.69, 9.17) is 16.3 Å². The first-order valence-corrected chi connectivity index (χ1v) is 7.38. The molecule has 0 saturated carbocycles. The molecule has 20 heavy (non-hydrogen) atoms. The van der Waals surface area contributed by atoms with Crippen molar-refractivity contribution in [3.8, 4) is 5.75 Å². The van der Waals surface area contributed by atoms with Crippen molar-refractivity contribution in [2.75, 3.05) is 7.11 Å². The van der Waals surface area contributed by atoms with Gasteiger partial charge in [0.1, 0.15) is 10.9 Å². The summed E-state index contributed by atoms with van der Waals surface area (Å²) in [5.41, 5.74) is 3.01. The second-order valence-electron chi connectivity index (χ2n) is 4.20. The zero-order valence-corrected chi connectivity index (χ0v) is 12.3. The van der Waals surface area contributed by atoms with Crippen LogP contribution < -0.4 is 4.74 Å². The largest absolute Gasteiger partial charge is 0.497 e. The molecule has 2 aromatic heterocycles. The number of H-pyrrole nitrogens is 1. The van der Waals surface area contributed by atoms with E-state index < -0.39 is 0 Å². The molecule has 6 heteroatoms. The van der Waals surface area contributed by atoms with E-state index in [-0.39, 0.29) is 0 Å². The molecule has 0 amide bonds. The Morgan fingerprint density at radius 2 is 2.20 bits per heavy atom. The van der Waals surface area contributed by atoms with E-state index >= 15 is 0 Å². The van der Waals surface area contributed by atoms with Gasteiger partial charge in [-0.15, -0.1) is 0 Å². The molecule has 3 rings (SSSR count). The molecule has 2 heterocycles. The van der Waals surface area contributed by atoms with Crippen LogP contribution in [0.3, 0.4) is 0 Å². The standard InChI is InChI=1S/C14H12ClN3OS/c1-19-10-3-4-11-12(6-10)18-14(17-11)20-8-9-2-5-13(15)16-7-9/h2-7H,8H2,1H3,(H,17,18). The molecule has 0 aliphatic heterocycles. The van der Waals surface area contributed by atoms with Crippen molar-refractivity contribution in [2.24, 2.45) is 0 Å². The number of benzene rings is 1. The van der Waals surface area contributed by atoms with Gasteiger partial charge in [0.15, 0.2) is 5.16 Å². The van der Waals surface area contributed by atoms with Gasteiger partial charge in [0, 0.05) is 18.0 Å². The van der Waals surface area contributed by atoms with Crippen molar-refractivity contribution >= 4 is 34.4 Å². The minimum absolute atomic E-state index is 0.509. The Hall–Kier alpha value is -1.72. The molecule has 0 radical (unpaired) electrons. The molecule has 1 N–H and O–H groups in total. The number of nitrogens with zero attached hydrogens (tertiary/aromatic N) is 2. The normalized spacial score (nSPS) is 10.9. The van der Waals surface area contributed by atoms with Crippen molar-refractivity contribution in [3.05, 3.63) is 47.2 Å². The lowest BCUT2D eigenvalue weighted by Crippen LogP contribution is -1.83. The summed E-state index contributed by atoms with van der Waals surface area (Å²) in [6, 6.07) is 9.55. The highest BCUT2D eigenvalue weighted by Gasteiger charge is 2.05. The van der Waals surface area contributed by atoms with Crippen LogP contribution in [-0.2, 0) is 5.75 Å². The summed E-state index contributed by atoms with van der Waals surface area (Å²) in [5, 5.41) is 1.39. The van der Waals surface area contributed by atoms with Crippen molar-refractivity contribution < 1.29 is 4.74 Å². The minimum atomic E-state index is 0.509. The third kappa shape index (κ3) is 2.89. The highest BCUT2D eigenvalue weighted by Crippen LogP contribution is 2.25. The highest BCUT2D eigenvalue weighted by atomic mass is 35.5. The number of halogens is 1. The van der Waals surface area contributed by atoms with Crippen LogP contribution in [0.2, 0.25) is 5.15 Å². The lowest BCUT2D eigenvalue weighted by molar-refractivity contribution is 0.415. The Labute approximate surface area is 125 Å². The number of imidazole rings is 1. The van der Waals surface area contributed by atoms with Crippen LogP contribution >= 0.6 is 23.4 Å². The molecule has 1 aromatic carbocycles. The van der Waals surface area contributed by atoms with Gasteiger partial charge in [-0.3, -0.25) is 0 Å². The average molecular weight is 306 g/mol. The van der Waals surface area contributed by atoms with E-state index in [1.165, 1.54) is 0 Å². The first-order chi connectivity index (χ1) is 9.74. The van der Waals surface area contributed by atoms with Gasteiger partial charge in [0.25, 0.3) is 0 Å². The van der Waals surface area contributed by atoms with Gasteiger partial charge in [-0.25, -0.2) is 9.97 Å². The van der Waals surface area contributed by atoms with Crippen LogP contribution in [0.4, 0.5) is 0 Å². The van der Waals surface area contributed by atoms with Crippen LogP contribution in [0, 0.1) is 0 Å². The summed E-state index contributed by atoms with van der Waals surface area (Å²) < 4.78 is 5.20. The molecule has 102 valence electrons. The molecule has 4 nitrogen and oxygen atoms in total. The van der Waals surface area contributed by atoms with Gasteiger partial charge in [-0.1, -0.05) is 29.4 Å². The van der Waals surface area contributed by atoms with E-state index in [1.807, 2.05) is 24.3 Å². The zero-order valence-electron chi connectivity index (χ0n) is 10.8. The molecule has 0 fully saturated rings. The van der Waals surface area contributed by atoms with E-state index in [0.29, 0.717) is 5.15 Å². The molecule has 0 saturated heterocycles. The van der Waals surface area contributed by atoms with Gasteiger partial charge < -0.3 is 9.72 Å². The maximum absolute atomic E-state index is 5.76. The summed E-state index contributed by atoms with van der Waals surface area (Å²) >= 11 is 7.39. The smallest absolute Gasteiger partial charge is 0.166 e. The second kappa shape index (κ2) is 5.73. The van der Waals surface area contributed by atoms with Gasteiger partial charge in [-0.05, 0) is 23.8 Å². The number of hydrogen-bond acceptors (Lipinski definition) is 4. The number of pyridine rings is 1. The van der Waals surface area contributed by atoms with Crippen molar-refractivity contribution in [1.29, 1.82) is 0 Å². The molecular formula is C14H12ClN3OS. The number of fused-ring (bicyclic) bond motifs is 1. The Kier molecular flexibility index (Phi) is 3.80. The molecule has 0 aliphatic carbocycles. The predicted molar refractivity (Wildman–Crippen MR) is 81.5 cm³/mol. The molecule has 0 atom stereocenters. The average Bonchev–Trinajstić information content (AvgIpc) is 2.88. The molecule has 0 unspecified atom stereocenters. The van der Waals surface area contributed by atoms with Gasteiger partial charge in [0.2, 0.25) is 0 Å². The van der Waals surface area contributed by atoms with Gasteiger partial charge in [0.05, 0.1) is 18.1 Å². The molecule has 0 bridgehead atoms. The number of methoxy groups -OCH3 is 1. The molecular weight excluding hydrogens is 294 g/mol. The van der Waals surface area contributed by atoms with Crippen LogP contribution in [0.25, 0.3) is 11.0 Å². The zero-order chi connectivity index (χ0) is 13.9. The summed E-state index contributed by atoms with van der Waals surface area (Å²) in [6.45, 7) is 0. The Bertz CT molecular complexity index is 727. The Morgan fingerprint density at radius 3 is 2.95 bits per heavy atom. The fourth-order valence-electron chi connectivity index (χ4n) is 1.80. The maximum Gasteiger partial charge on any atom is 0.166 e. The fourth-order valence-corrected chi connectivity index (χ4v) is 2.74. The van der Waals surface area contributed by atoms with Crippen molar-refractivity contribution in [1.82, 2.24) is 15.0 Å². The fraction of sp³-hybridized carbons (Fsp3) is 0.143. The minimum Gasteiger partial charge on any atom is -0.497 e. The van der Waals surface area contributed by atoms with Gasteiger partial charge >= 0.3 is 0 Å². The number of hydrogen-bond donors (Lipinski definition) is 1. The van der Waals surface area contributed by atoms with Crippen LogP contribution in [0.1, 0.15) is 5.56 Å². The first-order valence-electron chi connectivity index (χ1n) is 6.01. The molecule has 3 aromatic rings. The summed E-state index contributed by atoms with van der Waals surface area (Å²) in [6.07, 6.45) is 1.78. The monoisotopic (exact) mass is 305 g/mol. The number of thioether (sulfide) groups is 1. The number of aromatic nitrogens is 3. The van der Waals surface area contributed by atoms with Crippen LogP contribution in [-0.4, -0.2) is 22.1 Å². The van der Waals surface area contributed by atoms with E-state index in [0.717, 1.165) is 33.3 Å². The molecule has 0 aliphatic rings. The summed E-state index contributed by atoms with van der Waals surface area (Å²) in [7, 11) is 1.65. The lowest BCUT2D eigenvalue weighted by atomic mass is 10.3. The predicted octanol–water partition coefficient (Wildman–Crippen LogP) is 3.91. The highest BCUT2D eigenvalue weighted by molar-refractivity contribution is 7.98. The Morgan fingerprint density at radius 1 is 1.30 bits per heavy atom. The molecule has 0 spiro atoms. The second-order valence-corrected chi connectivity index (χ2v) is 5.55.